The fraction of sp³-hybridized carbons (Fsp3) is 0.214. The highest BCUT2D eigenvalue weighted by atomic mass is 19.4. The molecule has 1 amide bonds. The van der Waals surface area contributed by atoms with Crippen molar-refractivity contribution in [1.82, 2.24) is 20.7 Å². The number of allylic oxidation sites excluding steroid dienone is 1. The third kappa shape index (κ3) is 4.16. The molecule has 1 fully saturated rings. The van der Waals surface area contributed by atoms with Gasteiger partial charge in [-0.3, -0.25) is 4.79 Å². The van der Waals surface area contributed by atoms with Crippen molar-refractivity contribution < 1.29 is 27.1 Å². The summed E-state index contributed by atoms with van der Waals surface area (Å²) < 4.78 is 54.1. The number of oxazole rings is 1. The van der Waals surface area contributed by atoms with Crippen LogP contribution in [-0.4, -0.2) is 34.3 Å². The summed E-state index contributed by atoms with van der Waals surface area (Å²) in [5.41, 5.74) is 5.07. The van der Waals surface area contributed by atoms with E-state index in [1.165, 1.54) is 0 Å². The van der Waals surface area contributed by atoms with Crippen molar-refractivity contribution in [3.05, 3.63) is 102 Å². The number of hydrogen-bond donors (Lipinski definition) is 2. The quantitative estimate of drug-likeness (QED) is 0.380. The van der Waals surface area contributed by atoms with Crippen LogP contribution in [0.2, 0.25) is 0 Å². The van der Waals surface area contributed by atoms with E-state index in [9.17, 15) is 18.0 Å². The van der Waals surface area contributed by atoms with Crippen molar-refractivity contribution in [3.63, 3.8) is 0 Å². The Morgan fingerprint density at radius 2 is 1.71 bits per heavy atom. The molecule has 4 aromatic rings. The Morgan fingerprint density at radius 1 is 1.00 bits per heavy atom. The summed E-state index contributed by atoms with van der Waals surface area (Å²) in [6.45, 7) is 1.94. The highest BCUT2D eigenvalue weighted by molar-refractivity contribution is 6.20. The number of alkyl halides is 3. The molecule has 3 heterocycles. The number of amides is 1. The number of carbonyl (C=O) groups excluding carboxylic acids is 1. The SMILES string of the molecule is CC1=C(c2nc3c(OCc4ccccc4)cccc3o2)C(=O)N2NC(C(F)(F)F)C(c3ccccc3)C2N1. The number of ether oxygens (including phenoxy) is 1. The van der Waals surface area contributed by atoms with Crippen LogP contribution in [0.3, 0.4) is 0 Å². The normalized spacial score (nSPS) is 21.5. The lowest BCUT2D eigenvalue weighted by molar-refractivity contribution is -0.161. The maximum atomic E-state index is 14.1. The van der Waals surface area contributed by atoms with Gasteiger partial charge in [0.25, 0.3) is 5.91 Å². The van der Waals surface area contributed by atoms with Crippen molar-refractivity contribution in [1.29, 1.82) is 0 Å². The first-order chi connectivity index (χ1) is 18.3. The molecule has 3 aromatic carbocycles. The second-order valence-corrected chi connectivity index (χ2v) is 9.25. The third-order valence-corrected chi connectivity index (χ3v) is 6.80. The maximum Gasteiger partial charge on any atom is 0.406 e. The van der Waals surface area contributed by atoms with Crippen molar-refractivity contribution in [2.45, 2.75) is 37.8 Å². The summed E-state index contributed by atoms with van der Waals surface area (Å²) in [5, 5.41) is 4.10. The number of hydrogen-bond acceptors (Lipinski definition) is 6. The lowest BCUT2D eigenvalue weighted by atomic mass is 9.89. The highest BCUT2D eigenvalue weighted by Gasteiger charge is 2.58. The van der Waals surface area contributed by atoms with Gasteiger partial charge in [0.05, 0.1) is 5.92 Å². The summed E-state index contributed by atoms with van der Waals surface area (Å²) in [6.07, 6.45) is -5.54. The molecular formula is C28H23F3N4O3. The second kappa shape index (κ2) is 9.21. The molecule has 0 spiro atoms. The predicted octanol–water partition coefficient (Wildman–Crippen LogP) is 5.13. The van der Waals surface area contributed by atoms with Crippen LogP contribution in [-0.2, 0) is 11.4 Å². The van der Waals surface area contributed by atoms with E-state index < -0.39 is 30.2 Å². The van der Waals surface area contributed by atoms with Crippen LogP contribution >= 0.6 is 0 Å². The minimum Gasteiger partial charge on any atom is -0.486 e. The summed E-state index contributed by atoms with van der Waals surface area (Å²) in [4.78, 5) is 18.1. The zero-order chi connectivity index (χ0) is 26.4. The monoisotopic (exact) mass is 520 g/mol. The van der Waals surface area contributed by atoms with E-state index in [0.717, 1.165) is 10.6 Å². The van der Waals surface area contributed by atoms with Crippen LogP contribution in [0.25, 0.3) is 16.7 Å². The van der Waals surface area contributed by atoms with Crippen LogP contribution in [0, 0.1) is 0 Å². The molecular weight excluding hydrogens is 497 g/mol. The summed E-state index contributed by atoms with van der Waals surface area (Å²) >= 11 is 0. The van der Waals surface area contributed by atoms with Gasteiger partial charge < -0.3 is 14.5 Å². The molecule has 38 heavy (non-hydrogen) atoms. The van der Waals surface area contributed by atoms with Gasteiger partial charge >= 0.3 is 6.18 Å². The number of fused-ring (bicyclic) bond motifs is 2. The van der Waals surface area contributed by atoms with E-state index in [0.29, 0.717) is 34.7 Å². The first-order valence-corrected chi connectivity index (χ1v) is 12.1. The van der Waals surface area contributed by atoms with Crippen LogP contribution < -0.4 is 15.5 Å². The minimum atomic E-state index is -4.59. The molecule has 2 N–H and O–H groups in total. The molecule has 2 aliphatic heterocycles. The number of hydrazine groups is 1. The van der Waals surface area contributed by atoms with Gasteiger partial charge in [0.15, 0.2) is 11.1 Å². The Morgan fingerprint density at radius 3 is 2.42 bits per heavy atom. The smallest absolute Gasteiger partial charge is 0.406 e. The van der Waals surface area contributed by atoms with Gasteiger partial charge in [0.2, 0.25) is 5.89 Å². The lowest BCUT2D eigenvalue weighted by Gasteiger charge is -2.34. The molecule has 10 heteroatoms. The number of benzene rings is 3. The largest absolute Gasteiger partial charge is 0.486 e. The molecule has 194 valence electrons. The molecule has 0 radical (unpaired) electrons. The van der Waals surface area contributed by atoms with E-state index in [1.54, 1.807) is 55.5 Å². The molecule has 0 saturated carbocycles. The Kier molecular flexibility index (Phi) is 5.83. The van der Waals surface area contributed by atoms with Crippen LogP contribution in [0.1, 0.15) is 29.9 Å². The molecule has 6 rings (SSSR count). The van der Waals surface area contributed by atoms with Gasteiger partial charge in [-0.2, -0.15) is 13.2 Å². The van der Waals surface area contributed by atoms with Gasteiger partial charge in [-0.05, 0) is 30.2 Å². The fourth-order valence-electron chi connectivity index (χ4n) is 5.03. The first kappa shape index (κ1) is 24.1. The second-order valence-electron chi connectivity index (χ2n) is 9.25. The van der Waals surface area contributed by atoms with E-state index in [4.69, 9.17) is 9.15 Å². The molecule has 3 atom stereocenters. The van der Waals surface area contributed by atoms with Crippen molar-refractivity contribution in [2.75, 3.05) is 0 Å². The standard InChI is InChI=1S/C28H23F3N4O3/c1-16-21(26-33-23-19(13-8-14-20(23)38-26)37-15-17-9-4-2-5-10-17)27(36)35-25(32-16)22(18-11-6-3-7-12-18)24(34-35)28(29,30)31/h2-14,22,24-25,32,34H,15H2,1H3. The first-order valence-electron chi connectivity index (χ1n) is 12.1. The van der Waals surface area contributed by atoms with Crippen LogP contribution in [0.4, 0.5) is 13.2 Å². The van der Waals surface area contributed by atoms with Gasteiger partial charge in [-0.1, -0.05) is 66.7 Å². The third-order valence-electron chi connectivity index (χ3n) is 6.80. The van der Waals surface area contributed by atoms with Crippen molar-refractivity contribution >= 4 is 22.6 Å². The fourth-order valence-corrected chi connectivity index (χ4v) is 5.03. The number of para-hydroxylation sites is 1. The Balaban J connectivity index is 1.34. The van der Waals surface area contributed by atoms with E-state index >= 15 is 0 Å². The maximum absolute atomic E-state index is 14.1. The number of halogens is 3. The Bertz CT molecular complexity index is 1520. The van der Waals surface area contributed by atoms with Crippen LogP contribution in [0.5, 0.6) is 5.75 Å². The molecule has 1 aromatic heterocycles. The molecule has 1 saturated heterocycles. The zero-order valence-electron chi connectivity index (χ0n) is 20.2. The van der Waals surface area contributed by atoms with E-state index in [-0.39, 0.29) is 11.5 Å². The minimum absolute atomic E-state index is 0.00210. The van der Waals surface area contributed by atoms with E-state index in [1.807, 2.05) is 30.3 Å². The number of carbonyl (C=O) groups is 1. The summed E-state index contributed by atoms with van der Waals surface area (Å²) in [6, 6.07) is 21.2. The molecule has 7 nitrogen and oxygen atoms in total. The average Bonchev–Trinajstić information content (AvgIpc) is 3.51. The van der Waals surface area contributed by atoms with Gasteiger partial charge in [-0.15, -0.1) is 0 Å². The number of aromatic nitrogens is 1. The van der Waals surface area contributed by atoms with Crippen molar-refractivity contribution in [3.8, 4) is 5.75 Å². The summed E-state index contributed by atoms with van der Waals surface area (Å²) in [7, 11) is 0. The van der Waals surface area contributed by atoms with Gasteiger partial charge in [-0.25, -0.2) is 15.4 Å². The lowest BCUT2D eigenvalue weighted by Crippen LogP contribution is -2.54. The number of nitrogens with one attached hydrogen (secondary N) is 2. The Labute approximate surface area is 215 Å². The predicted molar refractivity (Wildman–Crippen MR) is 133 cm³/mol. The number of nitrogens with zero attached hydrogens (tertiary/aromatic N) is 2. The van der Waals surface area contributed by atoms with Gasteiger partial charge in [0.1, 0.15) is 30.1 Å². The summed E-state index contributed by atoms with van der Waals surface area (Å²) in [5.74, 6) is -1.25. The molecule has 0 bridgehead atoms. The Hall–Kier alpha value is -4.31. The topological polar surface area (TPSA) is 79.6 Å². The molecule has 2 aliphatic rings. The highest BCUT2D eigenvalue weighted by Crippen LogP contribution is 2.42. The zero-order valence-corrected chi connectivity index (χ0v) is 20.2. The van der Waals surface area contributed by atoms with Crippen LogP contribution in [0.15, 0.2) is 89.0 Å². The molecule has 0 aliphatic carbocycles. The van der Waals surface area contributed by atoms with Crippen molar-refractivity contribution in [2.24, 2.45) is 0 Å². The molecule has 3 unspecified atom stereocenters. The van der Waals surface area contributed by atoms with E-state index in [2.05, 4.69) is 15.7 Å². The van der Waals surface area contributed by atoms with Gasteiger partial charge in [0, 0.05) is 5.70 Å². The number of rotatable bonds is 5. The average molecular weight is 521 g/mol.